The van der Waals surface area contributed by atoms with Gasteiger partial charge in [0.1, 0.15) is 0 Å². The lowest BCUT2D eigenvalue weighted by molar-refractivity contribution is 0.0697. The van der Waals surface area contributed by atoms with Gasteiger partial charge in [-0.2, -0.15) is 4.99 Å². The number of aromatic carboxylic acids is 1. The zero-order valence-electron chi connectivity index (χ0n) is 8.18. The molecular formula is C12H7NO3. The molecule has 4 heteroatoms. The Morgan fingerprint density at radius 2 is 2.06 bits per heavy atom. The van der Waals surface area contributed by atoms with Crippen molar-refractivity contribution in [1.29, 1.82) is 0 Å². The molecule has 4 nitrogen and oxygen atoms in total. The molecule has 0 atom stereocenters. The van der Waals surface area contributed by atoms with E-state index >= 15 is 0 Å². The fourth-order valence-electron chi connectivity index (χ4n) is 1.54. The van der Waals surface area contributed by atoms with Gasteiger partial charge in [0.2, 0.25) is 6.08 Å². The molecule has 2 rings (SSSR count). The van der Waals surface area contributed by atoms with Crippen LogP contribution >= 0.6 is 0 Å². The van der Waals surface area contributed by atoms with Crippen molar-refractivity contribution in [3.8, 4) is 0 Å². The molecule has 0 aliphatic rings. The second-order valence-electron chi connectivity index (χ2n) is 3.22. The van der Waals surface area contributed by atoms with E-state index in [1.807, 2.05) is 6.07 Å². The molecule has 0 radical (unpaired) electrons. The number of fused-ring (bicyclic) bond motifs is 1. The SMILES string of the molecule is O=C=Nc1cccc2ccc(C(=O)O)cc12. The van der Waals surface area contributed by atoms with Crippen LogP contribution in [0.4, 0.5) is 5.69 Å². The van der Waals surface area contributed by atoms with Gasteiger partial charge in [-0.15, -0.1) is 0 Å². The van der Waals surface area contributed by atoms with Crippen molar-refractivity contribution < 1.29 is 14.7 Å². The van der Waals surface area contributed by atoms with Gasteiger partial charge in [-0.25, -0.2) is 9.59 Å². The Labute approximate surface area is 90.9 Å². The van der Waals surface area contributed by atoms with Crippen molar-refractivity contribution in [3.63, 3.8) is 0 Å². The lowest BCUT2D eigenvalue weighted by atomic mass is 10.1. The molecule has 0 saturated heterocycles. The molecule has 2 aromatic rings. The van der Waals surface area contributed by atoms with E-state index in [1.54, 1.807) is 18.2 Å². The molecule has 0 bridgehead atoms. The number of carbonyl (C=O) groups excluding carboxylic acids is 1. The first kappa shape index (κ1) is 10.1. The van der Waals surface area contributed by atoms with Gasteiger partial charge >= 0.3 is 5.97 Å². The molecule has 0 aliphatic carbocycles. The number of aliphatic imine (C=N–C) groups is 1. The van der Waals surface area contributed by atoms with E-state index in [4.69, 9.17) is 5.11 Å². The molecule has 0 unspecified atom stereocenters. The first-order chi connectivity index (χ1) is 7.72. The van der Waals surface area contributed by atoms with Crippen LogP contribution in [-0.4, -0.2) is 17.2 Å². The lowest BCUT2D eigenvalue weighted by Gasteiger charge is -2.01. The molecule has 16 heavy (non-hydrogen) atoms. The summed E-state index contributed by atoms with van der Waals surface area (Å²) in [6, 6.07) is 9.90. The molecule has 0 heterocycles. The average molecular weight is 213 g/mol. The van der Waals surface area contributed by atoms with Crippen LogP contribution in [0.1, 0.15) is 10.4 Å². The molecule has 0 aromatic heterocycles. The highest BCUT2D eigenvalue weighted by Gasteiger charge is 2.05. The third kappa shape index (κ3) is 1.69. The predicted molar refractivity (Wildman–Crippen MR) is 58.7 cm³/mol. The van der Waals surface area contributed by atoms with E-state index in [1.165, 1.54) is 18.2 Å². The Hall–Kier alpha value is -2.45. The summed E-state index contributed by atoms with van der Waals surface area (Å²) in [4.78, 5) is 24.6. The largest absolute Gasteiger partial charge is 0.478 e. The van der Waals surface area contributed by atoms with E-state index in [2.05, 4.69) is 4.99 Å². The normalized spacial score (nSPS) is 9.75. The molecule has 0 amide bonds. The van der Waals surface area contributed by atoms with Crippen molar-refractivity contribution in [3.05, 3.63) is 42.0 Å². The van der Waals surface area contributed by atoms with Gasteiger partial charge in [-0.1, -0.05) is 18.2 Å². The quantitative estimate of drug-likeness (QED) is 0.615. The molecule has 0 spiro atoms. The van der Waals surface area contributed by atoms with Crippen molar-refractivity contribution in [2.24, 2.45) is 4.99 Å². The van der Waals surface area contributed by atoms with E-state index < -0.39 is 5.97 Å². The number of isocyanates is 1. The zero-order chi connectivity index (χ0) is 11.5. The summed E-state index contributed by atoms with van der Waals surface area (Å²) in [6.45, 7) is 0. The Kier molecular flexibility index (Phi) is 2.50. The highest BCUT2D eigenvalue weighted by atomic mass is 16.4. The molecular weight excluding hydrogens is 206 g/mol. The van der Waals surface area contributed by atoms with Crippen LogP contribution in [0.3, 0.4) is 0 Å². The lowest BCUT2D eigenvalue weighted by Crippen LogP contribution is -1.95. The molecule has 2 aromatic carbocycles. The van der Waals surface area contributed by atoms with E-state index in [-0.39, 0.29) is 5.56 Å². The average Bonchev–Trinajstić information content (AvgIpc) is 2.29. The smallest absolute Gasteiger partial charge is 0.335 e. The number of benzene rings is 2. The van der Waals surface area contributed by atoms with E-state index in [9.17, 15) is 9.59 Å². The fraction of sp³-hybridized carbons (Fsp3) is 0. The van der Waals surface area contributed by atoms with Crippen LogP contribution in [-0.2, 0) is 4.79 Å². The molecule has 0 fully saturated rings. The fourth-order valence-corrected chi connectivity index (χ4v) is 1.54. The van der Waals surface area contributed by atoms with Gasteiger partial charge in [0, 0.05) is 5.39 Å². The first-order valence-corrected chi connectivity index (χ1v) is 4.56. The number of nitrogens with zero attached hydrogens (tertiary/aromatic N) is 1. The highest BCUT2D eigenvalue weighted by molar-refractivity contribution is 5.99. The second kappa shape index (κ2) is 3.96. The molecule has 0 saturated carbocycles. The van der Waals surface area contributed by atoms with E-state index in [0.29, 0.717) is 11.1 Å². The summed E-state index contributed by atoms with van der Waals surface area (Å²) < 4.78 is 0. The minimum Gasteiger partial charge on any atom is -0.478 e. The van der Waals surface area contributed by atoms with Crippen LogP contribution in [0, 0.1) is 0 Å². The predicted octanol–water partition coefficient (Wildman–Crippen LogP) is 2.51. The molecule has 1 N–H and O–H groups in total. The second-order valence-corrected chi connectivity index (χ2v) is 3.22. The van der Waals surface area contributed by atoms with Gasteiger partial charge in [-0.05, 0) is 23.6 Å². The van der Waals surface area contributed by atoms with Crippen molar-refractivity contribution in [1.82, 2.24) is 0 Å². The van der Waals surface area contributed by atoms with E-state index in [0.717, 1.165) is 5.39 Å². The molecule has 0 aliphatic heterocycles. The van der Waals surface area contributed by atoms with Gasteiger partial charge in [-0.3, -0.25) is 0 Å². The third-order valence-corrected chi connectivity index (χ3v) is 2.27. The Morgan fingerprint density at radius 3 is 2.75 bits per heavy atom. The number of carbonyl (C=O) groups is 1. The summed E-state index contributed by atoms with van der Waals surface area (Å²) in [5, 5.41) is 10.3. The molecule has 78 valence electrons. The first-order valence-electron chi connectivity index (χ1n) is 4.56. The topological polar surface area (TPSA) is 66.7 Å². The number of rotatable bonds is 2. The Balaban J connectivity index is 2.77. The maximum Gasteiger partial charge on any atom is 0.335 e. The number of hydrogen-bond acceptors (Lipinski definition) is 3. The van der Waals surface area contributed by atoms with Crippen molar-refractivity contribution in [2.45, 2.75) is 0 Å². The Morgan fingerprint density at radius 1 is 1.25 bits per heavy atom. The minimum absolute atomic E-state index is 0.168. The highest BCUT2D eigenvalue weighted by Crippen LogP contribution is 2.26. The number of carboxylic acid groups (broad SMARTS) is 1. The maximum absolute atomic E-state index is 10.8. The summed E-state index contributed by atoms with van der Waals surface area (Å²) in [5.41, 5.74) is 0.594. The van der Waals surface area contributed by atoms with Crippen LogP contribution in [0.2, 0.25) is 0 Å². The van der Waals surface area contributed by atoms with Crippen molar-refractivity contribution in [2.75, 3.05) is 0 Å². The summed E-state index contributed by atoms with van der Waals surface area (Å²) in [6.07, 6.45) is 1.45. The zero-order valence-corrected chi connectivity index (χ0v) is 8.18. The Bertz CT molecular complexity index is 613. The number of hydrogen-bond donors (Lipinski definition) is 1. The van der Waals surface area contributed by atoms with Gasteiger partial charge in [0.25, 0.3) is 0 Å². The monoisotopic (exact) mass is 213 g/mol. The van der Waals surface area contributed by atoms with Gasteiger partial charge < -0.3 is 5.11 Å². The standard InChI is InChI=1S/C12H7NO3/c14-7-13-11-3-1-2-8-4-5-9(12(15)16)6-10(8)11/h1-6H,(H,15,16). The summed E-state index contributed by atoms with van der Waals surface area (Å²) in [7, 11) is 0. The summed E-state index contributed by atoms with van der Waals surface area (Å²) in [5.74, 6) is -1.01. The van der Waals surface area contributed by atoms with Crippen LogP contribution in [0.5, 0.6) is 0 Å². The summed E-state index contributed by atoms with van der Waals surface area (Å²) >= 11 is 0. The maximum atomic E-state index is 10.8. The van der Waals surface area contributed by atoms with Crippen molar-refractivity contribution >= 4 is 28.5 Å². The van der Waals surface area contributed by atoms with Gasteiger partial charge in [0.05, 0.1) is 11.3 Å². The van der Waals surface area contributed by atoms with Crippen LogP contribution in [0.25, 0.3) is 10.8 Å². The number of carboxylic acids is 1. The third-order valence-electron chi connectivity index (χ3n) is 2.27. The van der Waals surface area contributed by atoms with Crippen LogP contribution in [0.15, 0.2) is 41.4 Å². The van der Waals surface area contributed by atoms with Crippen LogP contribution < -0.4 is 0 Å². The van der Waals surface area contributed by atoms with Gasteiger partial charge in [0.15, 0.2) is 0 Å². The minimum atomic E-state index is -1.01.